The topological polar surface area (TPSA) is 36.3 Å². The van der Waals surface area contributed by atoms with Gasteiger partial charge in [0.15, 0.2) is 0 Å². The molecular weight excluding hydrogens is 324 g/mol. The molecule has 1 aromatic heterocycles. The molecule has 0 atom stereocenters. The molecule has 0 saturated heterocycles. The van der Waals surface area contributed by atoms with Gasteiger partial charge in [-0.2, -0.15) is 0 Å². The van der Waals surface area contributed by atoms with Gasteiger partial charge < -0.3 is 14.0 Å². The largest absolute Gasteiger partial charge is 0.486 e. The quantitative estimate of drug-likeness (QED) is 0.451. The molecule has 4 heteroatoms. The number of hydrogen-bond acceptors (Lipinski definition) is 3. The van der Waals surface area contributed by atoms with E-state index >= 15 is 0 Å². The van der Waals surface area contributed by atoms with E-state index in [4.69, 9.17) is 14.5 Å². The van der Waals surface area contributed by atoms with Crippen LogP contribution in [0, 0.1) is 0 Å². The normalized spacial score (nSPS) is 11.3. The van der Waals surface area contributed by atoms with Crippen molar-refractivity contribution in [2.45, 2.75) is 19.6 Å². The predicted octanol–water partition coefficient (Wildman–Crippen LogP) is 4.81. The van der Waals surface area contributed by atoms with Crippen LogP contribution >= 0.6 is 0 Å². The molecule has 0 saturated carbocycles. The molecule has 0 amide bonds. The van der Waals surface area contributed by atoms with Gasteiger partial charge in [0, 0.05) is 20.3 Å². The molecule has 0 spiro atoms. The molecule has 0 radical (unpaired) electrons. The highest BCUT2D eigenvalue weighted by Gasteiger charge is 2.11. The summed E-state index contributed by atoms with van der Waals surface area (Å²) in [6, 6.07) is 22.7. The Kier molecular flexibility index (Phi) is 4.84. The SMILES string of the molecule is COCCCn1c(COc2ccc3ccccc3c2)nc2ccccc21. The fourth-order valence-electron chi connectivity index (χ4n) is 3.26. The number of para-hydroxylation sites is 2. The van der Waals surface area contributed by atoms with Crippen molar-refractivity contribution in [3.8, 4) is 5.75 Å². The summed E-state index contributed by atoms with van der Waals surface area (Å²) in [7, 11) is 1.73. The molecule has 0 unspecified atom stereocenters. The minimum atomic E-state index is 0.444. The van der Waals surface area contributed by atoms with Gasteiger partial charge in [-0.1, -0.05) is 42.5 Å². The van der Waals surface area contributed by atoms with Crippen molar-refractivity contribution in [1.82, 2.24) is 9.55 Å². The second-order valence-corrected chi connectivity index (χ2v) is 6.31. The summed E-state index contributed by atoms with van der Waals surface area (Å²) < 4.78 is 13.5. The van der Waals surface area contributed by atoms with Crippen LogP contribution in [0.3, 0.4) is 0 Å². The first-order chi connectivity index (χ1) is 12.8. The van der Waals surface area contributed by atoms with Crippen LogP contribution in [0.1, 0.15) is 12.2 Å². The number of ether oxygens (including phenoxy) is 2. The molecule has 0 fully saturated rings. The maximum Gasteiger partial charge on any atom is 0.147 e. The Morgan fingerprint density at radius 2 is 1.73 bits per heavy atom. The second-order valence-electron chi connectivity index (χ2n) is 6.31. The van der Waals surface area contributed by atoms with Crippen LogP contribution in [0.2, 0.25) is 0 Å². The number of aromatic nitrogens is 2. The average Bonchev–Trinajstić information content (AvgIpc) is 3.04. The number of hydrogen-bond donors (Lipinski definition) is 0. The zero-order chi connectivity index (χ0) is 17.8. The van der Waals surface area contributed by atoms with E-state index in [1.165, 1.54) is 10.8 Å². The molecule has 0 bridgehead atoms. The summed E-state index contributed by atoms with van der Waals surface area (Å²) in [5, 5.41) is 2.39. The summed E-state index contributed by atoms with van der Waals surface area (Å²) in [6.07, 6.45) is 0.944. The van der Waals surface area contributed by atoms with Gasteiger partial charge in [0.25, 0.3) is 0 Å². The van der Waals surface area contributed by atoms with Gasteiger partial charge in [-0.3, -0.25) is 0 Å². The Bertz CT molecular complexity index is 1020. The van der Waals surface area contributed by atoms with Crippen molar-refractivity contribution in [2.24, 2.45) is 0 Å². The summed E-state index contributed by atoms with van der Waals surface area (Å²) in [4.78, 5) is 4.77. The monoisotopic (exact) mass is 346 g/mol. The Labute approximate surface area is 153 Å². The molecule has 3 aromatic carbocycles. The molecule has 132 valence electrons. The van der Waals surface area contributed by atoms with Crippen LogP contribution in [0.4, 0.5) is 0 Å². The van der Waals surface area contributed by atoms with Crippen molar-refractivity contribution >= 4 is 21.8 Å². The minimum Gasteiger partial charge on any atom is -0.486 e. The lowest BCUT2D eigenvalue weighted by atomic mass is 10.1. The standard InChI is InChI=1S/C22H22N2O2/c1-25-14-6-13-24-21-10-5-4-9-20(21)23-22(24)16-26-19-12-11-17-7-2-3-8-18(17)15-19/h2-5,7-12,15H,6,13-14,16H2,1H3. The maximum absolute atomic E-state index is 6.06. The van der Waals surface area contributed by atoms with Gasteiger partial charge in [-0.25, -0.2) is 4.98 Å². The lowest BCUT2D eigenvalue weighted by Gasteiger charge is -2.11. The summed E-state index contributed by atoms with van der Waals surface area (Å²) in [6.45, 7) is 2.04. The number of imidazole rings is 1. The Morgan fingerprint density at radius 1 is 0.923 bits per heavy atom. The van der Waals surface area contributed by atoms with Crippen molar-refractivity contribution in [3.05, 3.63) is 72.6 Å². The first-order valence-electron chi connectivity index (χ1n) is 8.90. The second kappa shape index (κ2) is 7.58. The van der Waals surface area contributed by atoms with Crippen molar-refractivity contribution < 1.29 is 9.47 Å². The Hall–Kier alpha value is -2.85. The molecule has 4 rings (SSSR count). The molecule has 0 aliphatic rings. The van der Waals surface area contributed by atoms with E-state index < -0.39 is 0 Å². The fraction of sp³-hybridized carbons (Fsp3) is 0.227. The number of nitrogens with zero attached hydrogens (tertiary/aromatic N) is 2. The van der Waals surface area contributed by atoms with Crippen LogP contribution in [0.5, 0.6) is 5.75 Å². The zero-order valence-electron chi connectivity index (χ0n) is 14.9. The van der Waals surface area contributed by atoms with Crippen LogP contribution < -0.4 is 4.74 Å². The first kappa shape index (κ1) is 16.6. The smallest absolute Gasteiger partial charge is 0.147 e. The van der Waals surface area contributed by atoms with Crippen LogP contribution in [0.15, 0.2) is 66.7 Å². The van der Waals surface area contributed by atoms with Gasteiger partial charge in [0.1, 0.15) is 18.2 Å². The number of methoxy groups -OCH3 is 1. The average molecular weight is 346 g/mol. The van der Waals surface area contributed by atoms with Crippen LogP contribution in [0.25, 0.3) is 21.8 Å². The van der Waals surface area contributed by atoms with E-state index in [9.17, 15) is 0 Å². The molecule has 0 aliphatic carbocycles. The fourth-order valence-corrected chi connectivity index (χ4v) is 3.26. The number of rotatable bonds is 7. The third kappa shape index (κ3) is 3.41. The predicted molar refractivity (Wildman–Crippen MR) is 105 cm³/mol. The van der Waals surface area contributed by atoms with E-state index in [1.807, 2.05) is 36.4 Å². The molecule has 0 aliphatic heterocycles. The summed E-state index contributed by atoms with van der Waals surface area (Å²) >= 11 is 0. The number of benzene rings is 3. The first-order valence-corrected chi connectivity index (χ1v) is 8.90. The van der Waals surface area contributed by atoms with E-state index in [1.54, 1.807) is 7.11 Å². The highest BCUT2D eigenvalue weighted by molar-refractivity contribution is 5.83. The highest BCUT2D eigenvalue weighted by atomic mass is 16.5. The summed E-state index contributed by atoms with van der Waals surface area (Å²) in [5.74, 6) is 1.80. The van der Waals surface area contributed by atoms with Gasteiger partial charge in [0.2, 0.25) is 0 Å². The molecule has 26 heavy (non-hydrogen) atoms. The Morgan fingerprint density at radius 3 is 2.62 bits per heavy atom. The van der Waals surface area contributed by atoms with Crippen molar-refractivity contribution in [1.29, 1.82) is 0 Å². The van der Waals surface area contributed by atoms with E-state index in [-0.39, 0.29) is 0 Å². The summed E-state index contributed by atoms with van der Waals surface area (Å²) in [5.41, 5.74) is 2.14. The zero-order valence-corrected chi connectivity index (χ0v) is 14.9. The number of aryl methyl sites for hydroxylation is 1. The third-order valence-corrected chi connectivity index (χ3v) is 4.55. The van der Waals surface area contributed by atoms with Gasteiger partial charge >= 0.3 is 0 Å². The molecule has 0 N–H and O–H groups in total. The van der Waals surface area contributed by atoms with Gasteiger partial charge in [0.05, 0.1) is 11.0 Å². The molecule has 4 aromatic rings. The van der Waals surface area contributed by atoms with E-state index in [0.29, 0.717) is 6.61 Å². The molecule has 4 nitrogen and oxygen atoms in total. The van der Waals surface area contributed by atoms with Crippen molar-refractivity contribution in [2.75, 3.05) is 13.7 Å². The van der Waals surface area contributed by atoms with E-state index in [2.05, 4.69) is 34.9 Å². The lowest BCUT2D eigenvalue weighted by Crippen LogP contribution is -2.09. The minimum absolute atomic E-state index is 0.444. The lowest BCUT2D eigenvalue weighted by molar-refractivity contribution is 0.189. The molecule has 1 heterocycles. The van der Waals surface area contributed by atoms with Crippen LogP contribution in [-0.4, -0.2) is 23.3 Å². The maximum atomic E-state index is 6.06. The van der Waals surface area contributed by atoms with E-state index in [0.717, 1.165) is 42.2 Å². The number of fused-ring (bicyclic) bond motifs is 2. The van der Waals surface area contributed by atoms with Crippen LogP contribution in [-0.2, 0) is 17.9 Å². The van der Waals surface area contributed by atoms with Gasteiger partial charge in [-0.05, 0) is 41.5 Å². The highest BCUT2D eigenvalue weighted by Crippen LogP contribution is 2.22. The Balaban J connectivity index is 1.58. The third-order valence-electron chi connectivity index (χ3n) is 4.55. The van der Waals surface area contributed by atoms with Crippen molar-refractivity contribution in [3.63, 3.8) is 0 Å². The molecular formula is C22H22N2O2. The van der Waals surface area contributed by atoms with Gasteiger partial charge in [-0.15, -0.1) is 0 Å².